The first-order valence-electron chi connectivity index (χ1n) is 5.37. The van der Waals surface area contributed by atoms with Gasteiger partial charge < -0.3 is 16.4 Å². The molecule has 82 valence electrons. The van der Waals surface area contributed by atoms with Crippen LogP contribution in [0.3, 0.4) is 0 Å². The van der Waals surface area contributed by atoms with Crippen molar-refractivity contribution in [2.24, 2.45) is 5.92 Å². The van der Waals surface area contributed by atoms with Gasteiger partial charge in [0, 0.05) is 32.1 Å². The summed E-state index contributed by atoms with van der Waals surface area (Å²) in [6.45, 7) is 3.77. The Kier molecular flexibility index (Phi) is 4.35. The van der Waals surface area contributed by atoms with Gasteiger partial charge in [-0.1, -0.05) is 12.8 Å². The van der Waals surface area contributed by atoms with E-state index in [1.165, 1.54) is 12.8 Å². The highest BCUT2D eigenvalue weighted by molar-refractivity contribution is 5.79. The van der Waals surface area contributed by atoms with Gasteiger partial charge in [0.25, 0.3) is 0 Å². The largest absolute Gasteiger partial charge is 0.344 e. The van der Waals surface area contributed by atoms with Crippen LogP contribution in [0.2, 0.25) is 0 Å². The lowest BCUT2D eigenvalue weighted by atomic mass is 10.1. The highest BCUT2D eigenvalue weighted by Gasteiger charge is 2.27. The molecule has 0 aromatic carbocycles. The maximum absolute atomic E-state index is 11.9. The van der Waals surface area contributed by atoms with Crippen molar-refractivity contribution >= 4 is 5.91 Å². The van der Waals surface area contributed by atoms with E-state index >= 15 is 0 Å². The van der Waals surface area contributed by atoms with Crippen LogP contribution in [0.15, 0.2) is 0 Å². The monoisotopic (exact) mass is 199 g/mol. The van der Waals surface area contributed by atoms with Gasteiger partial charge in [-0.25, -0.2) is 0 Å². The van der Waals surface area contributed by atoms with Crippen molar-refractivity contribution in [3.05, 3.63) is 0 Å². The average molecular weight is 199 g/mol. The zero-order valence-corrected chi connectivity index (χ0v) is 8.80. The van der Waals surface area contributed by atoms with Crippen molar-refractivity contribution in [3.8, 4) is 0 Å². The second kappa shape index (κ2) is 5.32. The maximum Gasteiger partial charge on any atom is 0.225 e. The Labute approximate surface area is 85.6 Å². The van der Waals surface area contributed by atoms with Crippen LogP contribution in [-0.2, 0) is 4.79 Å². The third-order valence-electron chi connectivity index (χ3n) is 3.13. The second-order valence-electron chi connectivity index (χ2n) is 4.06. The number of nitrogens with zero attached hydrogens (tertiary/aromatic N) is 1. The SMILES string of the molecule is N.O=C(C1CCCC1)N1CCNCC1. The summed E-state index contributed by atoms with van der Waals surface area (Å²) in [5.74, 6) is 0.775. The van der Waals surface area contributed by atoms with Gasteiger partial charge in [0.05, 0.1) is 0 Å². The Morgan fingerprint density at radius 1 is 1.14 bits per heavy atom. The molecule has 0 aromatic heterocycles. The van der Waals surface area contributed by atoms with Gasteiger partial charge in [-0.3, -0.25) is 4.79 Å². The van der Waals surface area contributed by atoms with E-state index in [2.05, 4.69) is 5.32 Å². The van der Waals surface area contributed by atoms with Crippen LogP contribution in [0.4, 0.5) is 0 Å². The molecule has 1 saturated carbocycles. The third-order valence-corrected chi connectivity index (χ3v) is 3.13. The molecule has 1 aliphatic carbocycles. The van der Waals surface area contributed by atoms with Gasteiger partial charge in [0.1, 0.15) is 0 Å². The summed E-state index contributed by atoms with van der Waals surface area (Å²) in [4.78, 5) is 13.9. The highest BCUT2D eigenvalue weighted by Crippen LogP contribution is 2.26. The quantitative estimate of drug-likeness (QED) is 0.655. The molecule has 0 bridgehead atoms. The minimum Gasteiger partial charge on any atom is -0.344 e. The molecule has 0 aromatic rings. The molecule has 0 radical (unpaired) electrons. The van der Waals surface area contributed by atoms with Crippen molar-refractivity contribution < 1.29 is 4.79 Å². The Hall–Kier alpha value is -0.610. The van der Waals surface area contributed by atoms with E-state index in [4.69, 9.17) is 0 Å². The van der Waals surface area contributed by atoms with Crippen LogP contribution in [0.5, 0.6) is 0 Å². The summed E-state index contributed by atoms with van der Waals surface area (Å²) in [5, 5.41) is 3.27. The summed E-state index contributed by atoms with van der Waals surface area (Å²) in [7, 11) is 0. The first-order valence-corrected chi connectivity index (χ1v) is 5.37. The zero-order chi connectivity index (χ0) is 9.10. The van der Waals surface area contributed by atoms with Gasteiger partial charge in [0.2, 0.25) is 5.91 Å². The third kappa shape index (κ3) is 2.45. The van der Waals surface area contributed by atoms with E-state index in [1.54, 1.807) is 0 Å². The van der Waals surface area contributed by atoms with Crippen LogP contribution in [0.1, 0.15) is 25.7 Å². The first-order chi connectivity index (χ1) is 6.38. The molecule has 0 unspecified atom stereocenters. The molecule has 1 amide bonds. The number of hydrogen-bond donors (Lipinski definition) is 2. The van der Waals surface area contributed by atoms with E-state index in [-0.39, 0.29) is 6.15 Å². The molecule has 4 heteroatoms. The first kappa shape index (κ1) is 11.5. The highest BCUT2D eigenvalue weighted by atomic mass is 16.2. The molecule has 0 spiro atoms. The molecule has 1 aliphatic heterocycles. The minimum atomic E-state index is 0. The molecule has 1 heterocycles. The second-order valence-corrected chi connectivity index (χ2v) is 4.06. The van der Waals surface area contributed by atoms with Crippen molar-refractivity contribution in [3.63, 3.8) is 0 Å². The van der Waals surface area contributed by atoms with Gasteiger partial charge in [0.15, 0.2) is 0 Å². The Balaban J connectivity index is 0.000000980. The smallest absolute Gasteiger partial charge is 0.225 e. The lowest BCUT2D eigenvalue weighted by Crippen LogP contribution is -2.48. The Morgan fingerprint density at radius 3 is 2.29 bits per heavy atom. The number of carbonyl (C=O) groups excluding carboxylic acids is 1. The predicted octanol–water partition coefficient (Wildman–Crippen LogP) is 0.770. The summed E-state index contributed by atoms with van der Waals surface area (Å²) < 4.78 is 0. The molecule has 0 atom stereocenters. The van der Waals surface area contributed by atoms with Gasteiger partial charge in [-0.15, -0.1) is 0 Å². The standard InChI is InChI=1S/C10H18N2O.H3N/c13-10(9-3-1-2-4-9)12-7-5-11-6-8-12;/h9,11H,1-8H2;1H3. The van der Waals surface area contributed by atoms with Crippen molar-refractivity contribution in [1.82, 2.24) is 16.4 Å². The van der Waals surface area contributed by atoms with Crippen molar-refractivity contribution in [2.75, 3.05) is 26.2 Å². The van der Waals surface area contributed by atoms with Gasteiger partial charge in [-0.2, -0.15) is 0 Å². The number of carbonyl (C=O) groups is 1. The van der Waals surface area contributed by atoms with Crippen molar-refractivity contribution in [2.45, 2.75) is 25.7 Å². The van der Waals surface area contributed by atoms with Crippen LogP contribution < -0.4 is 11.5 Å². The van der Waals surface area contributed by atoms with Crippen LogP contribution in [0.25, 0.3) is 0 Å². The summed E-state index contributed by atoms with van der Waals surface area (Å²) in [5.41, 5.74) is 0. The molecule has 2 aliphatic rings. The van der Waals surface area contributed by atoms with E-state index in [0.29, 0.717) is 11.8 Å². The molecule has 1 saturated heterocycles. The summed E-state index contributed by atoms with van der Waals surface area (Å²) >= 11 is 0. The number of rotatable bonds is 1. The summed E-state index contributed by atoms with van der Waals surface area (Å²) in [6.07, 6.45) is 4.76. The lowest BCUT2D eigenvalue weighted by molar-refractivity contribution is -0.135. The number of piperazine rings is 1. The average Bonchev–Trinajstić information content (AvgIpc) is 2.71. The summed E-state index contributed by atoms with van der Waals surface area (Å²) in [6, 6.07) is 0. The number of amides is 1. The molecule has 2 fully saturated rings. The molecule has 4 N–H and O–H groups in total. The van der Waals surface area contributed by atoms with Crippen molar-refractivity contribution in [1.29, 1.82) is 0 Å². The number of hydrogen-bond acceptors (Lipinski definition) is 3. The van der Waals surface area contributed by atoms with Crippen LogP contribution >= 0.6 is 0 Å². The lowest BCUT2D eigenvalue weighted by Gasteiger charge is -2.29. The van der Waals surface area contributed by atoms with E-state index in [0.717, 1.165) is 39.0 Å². The minimum absolute atomic E-state index is 0. The van der Waals surface area contributed by atoms with E-state index in [9.17, 15) is 4.79 Å². The topological polar surface area (TPSA) is 67.3 Å². The molecule has 2 rings (SSSR count). The molecular weight excluding hydrogens is 178 g/mol. The predicted molar refractivity (Wildman–Crippen MR) is 56.4 cm³/mol. The van der Waals surface area contributed by atoms with E-state index in [1.807, 2.05) is 4.90 Å². The Morgan fingerprint density at radius 2 is 1.71 bits per heavy atom. The van der Waals surface area contributed by atoms with Crippen LogP contribution in [0, 0.1) is 5.92 Å². The molecule has 14 heavy (non-hydrogen) atoms. The molecular formula is C10H21N3O. The van der Waals surface area contributed by atoms with Crippen LogP contribution in [-0.4, -0.2) is 37.0 Å². The fraction of sp³-hybridized carbons (Fsp3) is 0.900. The Bertz CT molecular complexity index is 184. The molecule has 4 nitrogen and oxygen atoms in total. The van der Waals surface area contributed by atoms with Gasteiger partial charge >= 0.3 is 0 Å². The zero-order valence-electron chi connectivity index (χ0n) is 8.80. The van der Waals surface area contributed by atoms with Gasteiger partial charge in [-0.05, 0) is 12.8 Å². The maximum atomic E-state index is 11.9. The number of nitrogens with one attached hydrogen (secondary N) is 1. The fourth-order valence-electron chi connectivity index (χ4n) is 2.32. The fourth-order valence-corrected chi connectivity index (χ4v) is 2.32. The van der Waals surface area contributed by atoms with E-state index < -0.39 is 0 Å². The normalized spacial score (nSPS) is 23.3.